The summed E-state index contributed by atoms with van der Waals surface area (Å²) >= 11 is 7.89. The van der Waals surface area contributed by atoms with Gasteiger partial charge in [0.25, 0.3) is 0 Å². The van der Waals surface area contributed by atoms with E-state index in [0.717, 1.165) is 34.9 Å². The van der Waals surface area contributed by atoms with E-state index in [-0.39, 0.29) is 12.0 Å². The van der Waals surface area contributed by atoms with Crippen molar-refractivity contribution >= 4 is 23.4 Å². The highest BCUT2D eigenvalue weighted by molar-refractivity contribution is 7.98. The number of fused-ring (bicyclic) bond motifs is 1. The molecule has 0 aliphatic carbocycles. The second-order valence-corrected chi connectivity index (χ2v) is 6.78. The van der Waals surface area contributed by atoms with Crippen LogP contribution in [0.4, 0.5) is 0 Å². The lowest BCUT2D eigenvalue weighted by Gasteiger charge is -2.21. The predicted octanol–water partition coefficient (Wildman–Crippen LogP) is 4.15. The number of hydrogen-bond donors (Lipinski definition) is 0. The molecule has 1 aliphatic heterocycles. The van der Waals surface area contributed by atoms with Crippen molar-refractivity contribution < 1.29 is 14.0 Å². The minimum absolute atomic E-state index is 0.113. The number of aryl methyl sites for hydroxylation is 1. The first-order valence-electron chi connectivity index (χ1n) is 7.13. The number of ether oxygens (including phenoxy) is 2. The van der Waals surface area contributed by atoms with Gasteiger partial charge in [0, 0.05) is 28.3 Å². The van der Waals surface area contributed by atoms with Crippen molar-refractivity contribution in [1.29, 1.82) is 0 Å². The van der Waals surface area contributed by atoms with Gasteiger partial charge in [-0.05, 0) is 19.1 Å². The van der Waals surface area contributed by atoms with Crippen LogP contribution in [0.15, 0.2) is 16.7 Å². The Balaban J connectivity index is 1.72. The van der Waals surface area contributed by atoms with Crippen molar-refractivity contribution in [3.8, 4) is 5.75 Å². The Morgan fingerprint density at radius 1 is 1.41 bits per heavy atom. The summed E-state index contributed by atoms with van der Waals surface area (Å²) < 4.78 is 16.2. The number of nitrogens with zero attached hydrogens (tertiary/aromatic N) is 2. The van der Waals surface area contributed by atoms with Crippen LogP contribution in [0.5, 0.6) is 5.75 Å². The van der Waals surface area contributed by atoms with E-state index in [2.05, 4.69) is 17.1 Å². The van der Waals surface area contributed by atoms with E-state index in [1.165, 1.54) is 0 Å². The number of halogens is 1. The van der Waals surface area contributed by atoms with Crippen LogP contribution in [-0.4, -0.2) is 16.9 Å². The largest absolute Gasteiger partial charge is 0.467 e. The van der Waals surface area contributed by atoms with Gasteiger partial charge in [-0.15, -0.1) is 11.8 Å². The molecule has 1 aromatic heterocycles. The summed E-state index contributed by atoms with van der Waals surface area (Å²) in [4.78, 5) is 4.37. The fourth-order valence-corrected chi connectivity index (χ4v) is 3.37. The summed E-state index contributed by atoms with van der Waals surface area (Å²) in [6.07, 6.45) is 0.774. The van der Waals surface area contributed by atoms with Crippen molar-refractivity contribution in [1.82, 2.24) is 10.1 Å². The predicted molar refractivity (Wildman–Crippen MR) is 85.1 cm³/mol. The molecule has 0 saturated heterocycles. The van der Waals surface area contributed by atoms with Gasteiger partial charge in [0.05, 0.1) is 11.9 Å². The van der Waals surface area contributed by atoms with Crippen molar-refractivity contribution in [3.63, 3.8) is 0 Å². The zero-order chi connectivity index (χ0) is 15.5. The Morgan fingerprint density at radius 2 is 2.27 bits per heavy atom. The van der Waals surface area contributed by atoms with E-state index in [1.807, 2.05) is 19.1 Å². The highest BCUT2D eigenvalue weighted by Crippen LogP contribution is 2.37. The summed E-state index contributed by atoms with van der Waals surface area (Å²) in [6.45, 7) is 4.88. The molecule has 1 atom stereocenters. The lowest BCUT2D eigenvalue weighted by molar-refractivity contribution is -0.0168. The Labute approximate surface area is 138 Å². The minimum Gasteiger partial charge on any atom is -0.467 e. The average Bonchev–Trinajstić information content (AvgIpc) is 3.01. The average molecular weight is 341 g/mol. The zero-order valence-electron chi connectivity index (χ0n) is 12.5. The molecule has 0 bridgehead atoms. The van der Waals surface area contributed by atoms with Gasteiger partial charge in [-0.25, -0.2) is 0 Å². The summed E-state index contributed by atoms with van der Waals surface area (Å²) in [5, 5.41) is 4.74. The van der Waals surface area contributed by atoms with Gasteiger partial charge < -0.3 is 14.0 Å². The summed E-state index contributed by atoms with van der Waals surface area (Å²) in [7, 11) is 0. The van der Waals surface area contributed by atoms with Gasteiger partial charge in [-0.1, -0.05) is 23.7 Å². The Kier molecular flexibility index (Phi) is 4.90. The van der Waals surface area contributed by atoms with E-state index in [4.69, 9.17) is 25.6 Å². The molecule has 0 unspecified atom stereocenters. The van der Waals surface area contributed by atoms with Crippen LogP contribution in [0.3, 0.4) is 0 Å². The normalized spacial score (nSPS) is 15.2. The van der Waals surface area contributed by atoms with Crippen LogP contribution >= 0.6 is 23.4 Å². The van der Waals surface area contributed by atoms with Crippen molar-refractivity contribution in [2.24, 2.45) is 0 Å². The van der Waals surface area contributed by atoms with Gasteiger partial charge in [0.1, 0.15) is 5.75 Å². The molecule has 3 rings (SSSR count). The molecular weight excluding hydrogens is 324 g/mol. The topological polar surface area (TPSA) is 57.4 Å². The fourth-order valence-electron chi connectivity index (χ4n) is 2.23. The van der Waals surface area contributed by atoms with E-state index in [0.29, 0.717) is 17.5 Å². The third-order valence-corrected chi connectivity index (χ3v) is 4.79. The molecule has 0 spiro atoms. The molecule has 118 valence electrons. The van der Waals surface area contributed by atoms with Crippen LogP contribution in [0.25, 0.3) is 0 Å². The molecule has 7 heteroatoms. The fraction of sp³-hybridized carbons (Fsp3) is 0.467. The van der Waals surface area contributed by atoms with Crippen LogP contribution in [0.2, 0.25) is 5.02 Å². The minimum atomic E-state index is 0.113. The van der Waals surface area contributed by atoms with Gasteiger partial charge in [0.2, 0.25) is 5.89 Å². The first kappa shape index (κ1) is 15.6. The monoisotopic (exact) mass is 340 g/mol. The standard InChI is InChI=1S/C15H17ClN2O3S/c1-3-13-17-15(21-18-13)9(2)22-7-11-5-12(16)4-10-6-19-8-20-14(10)11/h4-5,9H,3,6-8H2,1-2H3/t9-/m0/s1. The number of thioether (sulfide) groups is 1. The number of rotatable bonds is 5. The Hall–Kier alpha value is -1.24. The maximum absolute atomic E-state index is 6.18. The molecular formula is C15H17ClN2O3S. The lowest BCUT2D eigenvalue weighted by Crippen LogP contribution is -2.13. The Morgan fingerprint density at radius 3 is 3.05 bits per heavy atom. The van der Waals surface area contributed by atoms with Crippen molar-refractivity contribution in [2.45, 2.75) is 37.9 Å². The number of hydrogen-bond acceptors (Lipinski definition) is 6. The van der Waals surface area contributed by atoms with E-state index >= 15 is 0 Å². The molecule has 0 amide bonds. The second-order valence-electron chi connectivity index (χ2n) is 5.02. The molecule has 0 N–H and O–H groups in total. The first-order valence-corrected chi connectivity index (χ1v) is 8.56. The van der Waals surface area contributed by atoms with E-state index in [9.17, 15) is 0 Å². The smallest absolute Gasteiger partial charge is 0.239 e. The summed E-state index contributed by atoms with van der Waals surface area (Å²) in [5.41, 5.74) is 2.06. The highest BCUT2D eigenvalue weighted by Gasteiger charge is 2.19. The van der Waals surface area contributed by atoms with Crippen LogP contribution < -0.4 is 4.74 Å². The first-order chi connectivity index (χ1) is 10.7. The van der Waals surface area contributed by atoms with Crippen molar-refractivity contribution in [3.05, 3.63) is 40.0 Å². The van der Waals surface area contributed by atoms with E-state index in [1.54, 1.807) is 11.8 Å². The molecule has 22 heavy (non-hydrogen) atoms. The van der Waals surface area contributed by atoms with Gasteiger partial charge in [-0.3, -0.25) is 0 Å². The molecule has 0 saturated carbocycles. The molecule has 5 nitrogen and oxygen atoms in total. The molecule has 2 aromatic rings. The maximum Gasteiger partial charge on any atom is 0.239 e. The maximum atomic E-state index is 6.18. The highest BCUT2D eigenvalue weighted by atomic mass is 35.5. The molecule has 1 aliphatic rings. The zero-order valence-corrected chi connectivity index (χ0v) is 14.0. The quantitative estimate of drug-likeness (QED) is 0.815. The molecule has 2 heterocycles. The van der Waals surface area contributed by atoms with Crippen molar-refractivity contribution in [2.75, 3.05) is 6.79 Å². The van der Waals surface area contributed by atoms with Crippen LogP contribution in [-0.2, 0) is 23.5 Å². The molecule has 0 radical (unpaired) electrons. The summed E-state index contributed by atoms with van der Waals surface area (Å²) in [6, 6.07) is 3.83. The number of aromatic nitrogens is 2. The Bertz CT molecular complexity index is 662. The van der Waals surface area contributed by atoms with Gasteiger partial charge in [-0.2, -0.15) is 4.98 Å². The van der Waals surface area contributed by atoms with Crippen LogP contribution in [0, 0.1) is 0 Å². The third kappa shape index (κ3) is 3.39. The molecule has 0 fully saturated rings. The second kappa shape index (κ2) is 6.89. The molecule has 1 aromatic carbocycles. The summed E-state index contributed by atoms with van der Waals surface area (Å²) in [5.74, 6) is 3.04. The SMILES string of the molecule is CCc1noc([C@H](C)SCc2cc(Cl)cc3c2OCOC3)n1. The third-order valence-electron chi connectivity index (χ3n) is 3.39. The van der Waals surface area contributed by atoms with E-state index < -0.39 is 0 Å². The number of benzene rings is 1. The lowest BCUT2D eigenvalue weighted by atomic mass is 10.1. The van der Waals surface area contributed by atoms with Gasteiger partial charge >= 0.3 is 0 Å². The van der Waals surface area contributed by atoms with Gasteiger partial charge in [0.15, 0.2) is 12.6 Å². The van der Waals surface area contributed by atoms with Crippen LogP contribution in [0.1, 0.15) is 41.9 Å².